The van der Waals surface area contributed by atoms with Gasteiger partial charge in [0.15, 0.2) is 5.13 Å². The van der Waals surface area contributed by atoms with Gasteiger partial charge in [-0.05, 0) is 18.2 Å². The molecule has 2 aromatic heterocycles. The minimum atomic E-state index is -0.444. The Balaban J connectivity index is 1.79. The van der Waals surface area contributed by atoms with Gasteiger partial charge < -0.3 is 14.6 Å². The molecular formula is C16H13N5O3S. The molecule has 0 unspecified atom stereocenters. The molecule has 0 aliphatic rings. The number of hydrogen-bond donors (Lipinski definition) is 1. The molecule has 0 saturated heterocycles. The minimum Gasteiger partial charge on any atom is -0.495 e. The van der Waals surface area contributed by atoms with Crippen LogP contribution in [0.4, 0.5) is 16.5 Å². The van der Waals surface area contributed by atoms with Crippen LogP contribution in [0.1, 0.15) is 0 Å². The van der Waals surface area contributed by atoms with Crippen molar-refractivity contribution >= 4 is 49.1 Å². The Bertz CT molecular complexity index is 1120. The number of methoxy groups -OCH3 is 1. The lowest BCUT2D eigenvalue weighted by atomic mass is 10.2. The Morgan fingerprint density at radius 2 is 2.12 bits per heavy atom. The predicted molar refractivity (Wildman–Crippen MR) is 96.8 cm³/mol. The average Bonchev–Trinajstić information content (AvgIpc) is 3.17. The van der Waals surface area contributed by atoms with Crippen LogP contribution in [0.25, 0.3) is 21.3 Å². The van der Waals surface area contributed by atoms with Gasteiger partial charge in [0.05, 0.1) is 34.3 Å². The van der Waals surface area contributed by atoms with E-state index in [0.717, 1.165) is 21.3 Å². The van der Waals surface area contributed by atoms with Crippen LogP contribution >= 0.6 is 11.3 Å². The van der Waals surface area contributed by atoms with Gasteiger partial charge in [-0.2, -0.15) is 0 Å². The van der Waals surface area contributed by atoms with Crippen LogP contribution in [0.5, 0.6) is 5.75 Å². The van der Waals surface area contributed by atoms with Crippen LogP contribution in [-0.2, 0) is 7.05 Å². The Kier molecular flexibility index (Phi) is 3.50. The number of thiazole rings is 1. The second-order valence-corrected chi connectivity index (χ2v) is 6.45. The van der Waals surface area contributed by atoms with Gasteiger partial charge in [0.2, 0.25) is 0 Å². The number of nitro benzene ring substituents is 1. The van der Waals surface area contributed by atoms with Crippen molar-refractivity contribution in [2.24, 2.45) is 7.05 Å². The van der Waals surface area contributed by atoms with Crippen molar-refractivity contribution in [3.8, 4) is 5.75 Å². The number of nitro groups is 1. The number of fused-ring (bicyclic) bond motifs is 3. The summed E-state index contributed by atoms with van der Waals surface area (Å²) in [7, 11) is 3.45. The third kappa shape index (κ3) is 2.54. The van der Waals surface area contributed by atoms with E-state index in [-0.39, 0.29) is 5.69 Å². The van der Waals surface area contributed by atoms with E-state index in [1.165, 1.54) is 30.6 Å². The molecule has 1 N–H and O–H groups in total. The standard InChI is InChI=1S/C16H13N5O3S/c1-20-8-17-14-11(20)4-6-13-15(14)19-16(25-13)18-10-7-9(21(22)23)3-5-12(10)24-2/h3-8H,1-2H3,(H,18,19). The summed E-state index contributed by atoms with van der Waals surface area (Å²) in [4.78, 5) is 19.6. The van der Waals surface area contributed by atoms with Crippen molar-refractivity contribution in [1.82, 2.24) is 14.5 Å². The zero-order valence-corrected chi connectivity index (χ0v) is 14.2. The van der Waals surface area contributed by atoms with Gasteiger partial charge in [-0.3, -0.25) is 10.1 Å². The summed E-state index contributed by atoms with van der Waals surface area (Å²) in [5.41, 5.74) is 3.10. The van der Waals surface area contributed by atoms with E-state index in [4.69, 9.17) is 4.74 Å². The molecule has 0 saturated carbocycles. The highest BCUT2D eigenvalue weighted by Crippen LogP contribution is 2.36. The monoisotopic (exact) mass is 355 g/mol. The van der Waals surface area contributed by atoms with Gasteiger partial charge in [0.25, 0.3) is 5.69 Å². The Labute approximate surface area is 145 Å². The molecule has 0 aliphatic heterocycles. The first-order valence-corrected chi connectivity index (χ1v) is 8.18. The van der Waals surface area contributed by atoms with Gasteiger partial charge in [0.1, 0.15) is 16.8 Å². The highest BCUT2D eigenvalue weighted by atomic mass is 32.1. The average molecular weight is 355 g/mol. The SMILES string of the molecule is COc1ccc([N+](=O)[O-])cc1Nc1nc2c(ccc3c2ncn3C)s1. The number of non-ortho nitro benzene ring substituents is 1. The molecule has 0 atom stereocenters. The molecule has 2 aromatic carbocycles. The lowest BCUT2D eigenvalue weighted by Gasteiger charge is -2.08. The molecule has 0 amide bonds. The summed E-state index contributed by atoms with van der Waals surface area (Å²) in [5.74, 6) is 0.507. The number of hydrogen-bond acceptors (Lipinski definition) is 7. The lowest BCUT2D eigenvalue weighted by molar-refractivity contribution is -0.384. The summed E-state index contributed by atoms with van der Waals surface area (Å²) >= 11 is 1.45. The predicted octanol–water partition coefficient (Wildman–Crippen LogP) is 3.84. The van der Waals surface area contributed by atoms with Gasteiger partial charge >= 0.3 is 0 Å². The number of ether oxygens (including phenoxy) is 1. The summed E-state index contributed by atoms with van der Waals surface area (Å²) in [6.07, 6.45) is 1.75. The van der Waals surface area contributed by atoms with Crippen molar-refractivity contribution in [2.75, 3.05) is 12.4 Å². The Morgan fingerprint density at radius 3 is 2.88 bits per heavy atom. The normalized spacial score (nSPS) is 11.1. The van der Waals surface area contributed by atoms with E-state index < -0.39 is 4.92 Å². The first kappa shape index (κ1) is 15.3. The summed E-state index contributed by atoms with van der Waals surface area (Å²) in [6, 6.07) is 8.39. The van der Waals surface area contributed by atoms with E-state index in [1.54, 1.807) is 12.4 Å². The lowest BCUT2D eigenvalue weighted by Crippen LogP contribution is -1.96. The Morgan fingerprint density at radius 1 is 1.28 bits per heavy atom. The number of imidazole rings is 1. The fraction of sp³-hybridized carbons (Fsp3) is 0.125. The molecule has 8 nitrogen and oxygen atoms in total. The molecule has 0 spiro atoms. The van der Waals surface area contributed by atoms with Gasteiger partial charge in [-0.15, -0.1) is 0 Å². The number of benzene rings is 2. The molecule has 2 heterocycles. The molecule has 0 radical (unpaired) electrons. The Hall–Kier alpha value is -3.20. The number of aryl methyl sites for hydroxylation is 1. The first-order chi connectivity index (χ1) is 12.1. The quantitative estimate of drug-likeness (QED) is 0.441. The van der Waals surface area contributed by atoms with E-state index in [1.807, 2.05) is 23.7 Å². The largest absolute Gasteiger partial charge is 0.495 e. The van der Waals surface area contributed by atoms with E-state index in [9.17, 15) is 10.1 Å². The number of rotatable bonds is 4. The van der Waals surface area contributed by atoms with Crippen LogP contribution in [-0.4, -0.2) is 26.6 Å². The second kappa shape index (κ2) is 5.71. The van der Waals surface area contributed by atoms with Crippen molar-refractivity contribution in [3.05, 3.63) is 46.8 Å². The maximum absolute atomic E-state index is 11.0. The van der Waals surface area contributed by atoms with Crippen LogP contribution in [0, 0.1) is 10.1 Å². The third-order valence-electron chi connectivity index (χ3n) is 3.89. The van der Waals surface area contributed by atoms with Gasteiger partial charge in [-0.1, -0.05) is 11.3 Å². The van der Waals surface area contributed by atoms with Crippen LogP contribution in [0.2, 0.25) is 0 Å². The number of anilines is 2. The molecular weight excluding hydrogens is 342 g/mol. The fourth-order valence-electron chi connectivity index (χ4n) is 2.66. The summed E-state index contributed by atoms with van der Waals surface area (Å²) < 4.78 is 8.20. The highest BCUT2D eigenvalue weighted by Gasteiger charge is 2.15. The van der Waals surface area contributed by atoms with Crippen LogP contribution in [0.3, 0.4) is 0 Å². The smallest absolute Gasteiger partial charge is 0.271 e. The van der Waals surface area contributed by atoms with Crippen molar-refractivity contribution in [3.63, 3.8) is 0 Å². The third-order valence-corrected chi connectivity index (χ3v) is 4.82. The number of aromatic nitrogens is 3. The zero-order valence-electron chi connectivity index (χ0n) is 13.4. The maximum atomic E-state index is 11.0. The molecule has 0 fully saturated rings. The first-order valence-electron chi connectivity index (χ1n) is 7.37. The van der Waals surface area contributed by atoms with Crippen LogP contribution < -0.4 is 10.1 Å². The maximum Gasteiger partial charge on any atom is 0.271 e. The summed E-state index contributed by atoms with van der Waals surface area (Å²) in [5, 5.41) is 14.7. The molecule has 4 rings (SSSR count). The van der Waals surface area contributed by atoms with Crippen molar-refractivity contribution in [1.29, 1.82) is 0 Å². The van der Waals surface area contributed by atoms with E-state index in [2.05, 4.69) is 15.3 Å². The minimum absolute atomic E-state index is 0.0171. The topological polar surface area (TPSA) is 95.1 Å². The van der Waals surface area contributed by atoms with E-state index >= 15 is 0 Å². The molecule has 25 heavy (non-hydrogen) atoms. The van der Waals surface area contributed by atoms with Crippen LogP contribution in [0.15, 0.2) is 36.7 Å². The number of nitrogens with zero attached hydrogens (tertiary/aromatic N) is 4. The number of nitrogens with one attached hydrogen (secondary N) is 1. The van der Waals surface area contributed by atoms with Gasteiger partial charge in [0, 0.05) is 19.2 Å². The molecule has 0 bridgehead atoms. The van der Waals surface area contributed by atoms with E-state index in [0.29, 0.717) is 16.6 Å². The van der Waals surface area contributed by atoms with Gasteiger partial charge in [-0.25, -0.2) is 9.97 Å². The molecule has 9 heteroatoms. The van der Waals surface area contributed by atoms with Crippen molar-refractivity contribution < 1.29 is 9.66 Å². The summed E-state index contributed by atoms with van der Waals surface area (Å²) in [6.45, 7) is 0. The molecule has 126 valence electrons. The molecule has 4 aromatic rings. The fourth-order valence-corrected chi connectivity index (χ4v) is 3.55. The zero-order chi connectivity index (χ0) is 17.6. The molecule has 0 aliphatic carbocycles. The second-order valence-electron chi connectivity index (χ2n) is 5.42. The highest BCUT2D eigenvalue weighted by molar-refractivity contribution is 7.22. The van der Waals surface area contributed by atoms with Crippen molar-refractivity contribution in [2.45, 2.75) is 0 Å².